The quantitative estimate of drug-likeness (QED) is 0.672. The van der Waals surface area contributed by atoms with Crippen molar-refractivity contribution in [2.75, 3.05) is 21.0 Å². The summed E-state index contributed by atoms with van der Waals surface area (Å²) < 4.78 is 20.8. The number of benzene rings is 2. The molecule has 7 nitrogen and oxygen atoms in total. The SMILES string of the molecule is COc1ccc(/C=N\NC(=O)c2ccc3c(c2)OCO3)cc1OC. The van der Waals surface area contributed by atoms with Gasteiger partial charge in [0.15, 0.2) is 23.0 Å². The van der Waals surface area contributed by atoms with E-state index in [0.29, 0.717) is 28.6 Å². The van der Waals surface area contributed by atoms with Gasteiger partial charge in [-0.15, -0.1) is 0 Å². The first-order valence-corrected chi connectivity index (χ1v) is 7.16. The van der Waals surface area contributed by atoms with Crippen LogP contribution in [0.25, 0.3) is 0 Å². The van der Waals surface area contributed by atoms with Crippen molar-refractivity contribution in [2.45, 2.75) is 0 Å². The zero-order valence-electron chi connectivity index (χ0n) is 13.2. The Labute approximate surface area is 138 Å². The van der Waals surface area contributed by atoms with Gasteiger partial charge in [-0.05, 0) is 42.0 Å². The molecule has 0 saturated heterocycles. The largest absolute Gasteiger partial charge is 0.493 e. The molecule has 3 rings (SSSR count). The van der Waals surface area contributed by atoms with Gasteiger partial charge in [0, 0.05) is 5.56 Å². The number of rotatable bonds is 5. The number of hydrogen-bond donors (Lipinski definition) is 1. The molecule has 1 aliphatic rings. The van der Waals surface area contributed by atoms with Gasteiger partial charge in [-0.25, -0.2) is 5.43 Å². The van der Waals surface area contributed by atoms with Crippen LogP contribution in [0, 0.1) is 0 Å². The van der Waals surface area contributed by atoms with Crippen LogP contribution in [0.2, 0.25) is 0 Å². The summed E-state index contributed by atoms with van der Waals surface area (Å²) in [6.07, 6.45) is 1.52. The number of carbonyl (C=O) groups excluding carboxylic acids is 1. The van der Waals surface area contributed by atoms with Crippen molar-refractivity contribution >= 4 is 12.1 Å². The zero-order valence-corrected chi connectivity index (χ0v) is 13.2. The lowest BCUT2D eigenvalue weighted by molar-refractivity contribution is 0.0954. The van der Waals surface area contributed by atoms with E-state index in [2.05, 4.69) is 10.5 Å². The molecule has 0 fully saturated rings. The van der Waals surface area contributed by atoms with Crippen LogP contribution in [0.1, 0.15) is 15.9 Å². The van der Waals surface area contributed by atoms with Crippen LogP contribution in [0.4, 0.5) is 0 Å². The Balaban J connectivity index is 1.66. The number of nitrogens with zero attached hydrogens (tertiary/aromatic N) is 1. The average Bonchev–Trinajstić information content (AvgIpc) is 3.09. The van der Waals surface area contributed by atoms with E-state index in [9.17, 15) is 4.79 Å². The average molecular weight is 328 g/mol. The van der Waals surface area contributed by atoms with Crippen molar-refractivity contribution in [3.05, 3.63) is 47.5 Å². The van der Waals surface area contributed by atoms with E-state index in [4.69, 9.17) is 18.9 Å². The maximum absolute atomic E-state index is 12.1. The molecule has 24 heavy (non-hydrogen) atoms. The van der Waals surface area contributed by atoms with Gasteiger partial charge >= 0.3 is 0 Å². The number of amides is 1. The summed E-state index contributed by atoms with van der Waals surface area (Å²) in [5.74, 6) is 2.04. The first-order chi connectivity index (χ1) is 11.7. The van der Waals surface area contributed by atoms with Crippen molar-refractivity contribution in [1.82, 2.24) is 5.43 Å². The van der Waals surface area contributed by atoms with Gasteiger partial charge in [-0.3, -0.25) is 4.79 Å². The van der Waals surface area contributed by atoms with Crippen LogP contribution in [0.3, 0.4) is 0 Å². The topological polar surface area (TPSA) is 78.4 Å². The first kappa shape index (κ1) is 15.7. The monoisotopic (exact) mass is 328 g/mol. The molecule has 1 aliphatic heterocycles. The standard InChI is InChI=1S/C17H16N2O5/c1-21-13-5-3-11(7-15(13)22-2)9-18-19-17(20)12-4-6-14-16(8-12)24-10-23-14/h3-9H,10H2,1-2H3,(H,19,20)/b18-9-. The second kappa shape index (κ2) is 6.91. The number of nitrogens with one attached hydrogen (secondary N) is 1. The lowest BCUT2D eigenvalue weighted by atomic mass is 10.2. The number of hydrogen-bond acceptors (Lipinski definition) is 6. The first-order valence-electron chi connectivity index (χ1n) is 7.16. The molecule has 124 valence electrons. The third-order valence-electron chi connectivity index (χ3n) is 3.42. The van der Waals surface area contributed by atoms with Crippen LogP contribution >= 0.6 is 0 Å². The summed E-state index contributed by atoms with van der Waals surface area (Å²) in [6.45, 7) is 0.165. The normalized spacial score (nSPS) is 12.2. The van der Waals surface area contributed by atoms with Crippen LogP contribution in [-0.2, 0) is 0 Å². The van der Waals surface area contributed by atoms with Gasteiger partial charge in [0.05, 0.1) is 20.4 Å². The molecule has 0 bridgehead atoms. The van der Waals surface area contributed by atoms with Gasteiger partial charge < -0.3 is 18.9 Å². The molecule has 0 aliphatic carbocycles. The summed E-state index contributed by atoms with van der Waals surface area (Å²) in [5, 5.41) is 3.95. The summed E-state index contributed by atoms with van der Waals surface area (Å²) in [6, 6.07) is 10.3. The molecule has 0 atom stereocenters. The summed E-state index contributed by atoms with van der Waals surface area (Å²) in [4.78, 5) is 12.1. The maximum atomic E-state index is 12.1. The highest BCUT2D eigenvalue weighted by molar-refractivity contribution is 5.95. The minimum atomic E-state index is -0.343. The Bertz CT molecular complexity index is 789. The van der Waals surface area contributed by atoms with Crippen LogP contribution in [0.5, 0.6) is 23.0 Å². The molecule has 0 unspecified atom stereocenters. The van der Waals surface area contributed by atoms with E-state index >= 15 is 0 Å². The number of methoxy groups -OCH3 is 2. The Morgan fingerprint density at radius 2 is 1.88 bits per heavy atom. The smallest absolute Gasteiger partial charge is 0.271 e. The van der Waals surface area contributed by atoms with E-state index in [1.807, 2.05) is 0 Å². The van der Waals surface area contributed by atoms with Gasteiger partial charge in [0.2, 0.25) is 6.79 Å². The third kappa shape index (κ3) is 3.24. The van der Waals surface area contributed by atoms with Crippen molar-refractivity contribution in [2.24, 2.45) is 5.10 Å². The Hall–Kier alpha value is -3.22. The fraction of sp³-hybridized carbons (Fsp3) is 0.176. The lowest BCUT2D eigenvalue weighted by Crippen LogP contribution is -2.17. The molecular formula is C17H16N2O5. The number of fused-ring (bicyclic) bond motifs is 1. The minimum absolute atomic E-state index is 0.165. The zero-order chi connectivity index (χ0) is 16.9. The van der Waals surface area contributed by atoms with Crippen LogP contribution in [-0.4, -0.2) is 33.1 Å². The van der Waals surface area contributed by atoms with E-state index in [-0.39, 0.29) is 12.7 Å². The number of carbonyl (C=O) groups is 1. The molecule has 0 radical (unpaired) electrons. The van der Waals surface area contributed by atoms with E-state index in [0.717, 1.165) is 5.56 Å². The summed E-state index contributed by atoms with van der Waals surface area (Å²) in [7, 11) is 3.12. The second-order valence-corrected chi connectivity index (χ2v) is 4.88. The van der Waals surface area contributed by atoms with Gasteiger partial charge in [-0.2, -0.15) is 5.10 Å². The molecular weight excluding hydrogens is 312 g/mol. The highest BCUT2D eigenvalue weighted by Crippen LogP contribution is 2.32. The Morgan fingerprint density at radius 3 is 2.67 bits per heavy atom. The third-order valence-corrected chi connectivity index (χ3v) is 3.42. The van der Waals surface area contributed by atoms with Crippen molar-refractivity contribution in [3.63, 3.8) is 0 Å². The van der Waals surface area contributed by atoms with Crippen molar-refractivity contribution in [3.8, 4) is 23.0 Å². The molecule has 1 heterocycles. The molecule has 7 heteroatoms. The summed E-state index contributed by atoms with van der Waals surface area (Å²) in [5.41, 5.74) is 3.66. The fourth-order valence-electron chi connectivity index (χ4n) is 2.20. The van der Waals surface area contributed by atoms with Crippen LogP contribution in [0.15, 0.2) is 41.5 Å². The van der Waals surface area contributed by atoms with Crippen molar-refractivity contribution in [1.29, 1.82) is 0 Å². The molecule has 1 amide bonds. The highest BCUT2D eigenvalue weighted by Gasteiger charge is 2.15. The number of hydrazone groups is 1. The summed E-state index contributed by atoms with van der Waals surface area (Å²) >= 11 is 0. The predicted molar refractivity (Wildman–Crippen MR) is 87.2 cm³/mol. The van der Waals surface area contributed by atoms with Gasteiger partial charge in [0.25, 0.3) is 5.91 Å². The highest BCUT2D eigenvalue weighted by atomic mass is 16.7. The molecule has 0 spiro atoms. The Kier molecular flexibility index (Phi) is 4.51. The molecule has 2 aromatic rings. The van der Waals surface area contributed by atoms with E-state index < -0.39 is 0 Å². The van der Waals surface area contributed by atoms with Crippen molar-refractivity contribution < 1.29 is 23.7 Å². The van der Waals surface area contributed by atoms with E-state index in [1.165, 1.54) is 6.21 Å². The minimum Gasteiger partial charge on any atom is -0.493 e. The Morgan fingerprint density at radius 1 is 1.08 bits per heavy atom. The molecule has 0 saturated carbocycles. The van der Waals surface area contributed by atoms with E-state index in [1.54, 1.807) is 50.6 Å². The fourth-order valence-corrected chi connectivity index (χ4v) is 2.20. The molecule has 2 aromatic carbocycles. The van der Waals surface area contributed by atoms with Crippen LogP contribution < -0.4 is 24.4 Å². The van der Waals surface area contributed by atoms with Gasteiger partial charge in [-0.1, -0.05) is 0 Å². The second-order valence-electron chi connectivity index (χ2n) is 4.88. The lowest BCUT2D eigenvalue weighted by Gasteiger charge is -2.07. The molecule has 0 aromatic heterocycles. The predicted octanol–water partition coefficient (Wildman–Crippen LogP) is 2.20. The maximum Gasteiger partial charge on any atom is 0.271 e. The van der Waals surface area contributed by atoms with Gasteiger partial charge in [0.1, 0.15) is 0 Å². The molecule has 1 N–H and O–H groups in total. The number of ether oxygens (including phenoxy) is 4.